The van der Waals surface area contributed by atoms with Gasteiger partial charge < -0.3 is 14.9 Å². The fourth-order valence-corrected chi connectivity index (χ4v) is 2.91. The van der Waals surface area contributed by atoms with Gasteiger partial charge in [-0.15, -0.1) is 10.2 Å². The van der Waals surface area contributed by atoms with Gasteiger partial charge in [-0.05, 0) is 12.1 Å². The fourth-order valence-electron chi connectivity index (χ4n) is 2.81. The Labute approximate surface area is 109 Å². The molecule has 96 valence electrons. The number of amides is 1. The molecule has 0 radical (unpaired) electrons. The van der Waals surface area contributed by atoms with Crippen LogP contribution in [0.3, 0.4) is 0 Å². The van der Waals surface area contributed by atoms with Crippen molar-refractivity contribution in [3.05, 3.63) is 17.3 Å². The lowest BCUT2D eigenvalue weighted by Crippen LogP contribution is -2.32. The van der Waals surface area contributed by atoms with E-state index in [-0.39, 0.29) is 0 Å². The Balaban J connectivity index is 1.68. The molecule has 18 heavy (non-hydrogen) atoms. The average molecular weight is 269 g/mol. The number of aromatic nitrogens is 2. The van der Waals surface area contributed by atoms with Crippen LogP contribution in [0.1, 0.15) is 0 Å². The van der Waals surface area contributed by atoms with Gasteiger partial charge >= 0.3 is 6.09 Å². The van der Waals surface area contributed by atoms with E-state index in [4.69, 9.17) is 16.7 Å². The molecule has 6 nitrogen and oxygen atoms in total. The van der Waals surface area contributed by atoms with E-state index >= 15 is 0 Å². The van der Waals surface area contributed by atoms with E-state index in [0.29, 0.717) is 30.1 Å². The first kappa shape index (κ1) is 11.5. The summed E-state index contributed by atoms with van der Waals surface area (Å²) in [6.45, 7) is 2.92. The number of halogens is 1. The van der Waals surface area contributed by atoms with Crippen LogP contribution in [0.5, 0.6) is 0 Å². The Morgan fingerprint density at radius 3 is 2.39 bits per heavy atom. The molecule has 3 rings (SSSR count). The molecule has 1 amide bonds. The molecule has 1 aromatic heterocycles. The molecule has 0 spiro atoms. The molecule has 2 aliphatic rings. The van der Waals surface area contributed by atoms with E-state index in [9.17, 15) is 4.79 Å². The lowest BCUT2D eigenvalue weighted by molar-refractivity contribution is 0.153. The number of rotatable bonds is 1. The standard InChI is InChI=1S/C11H13ClN4O2/c12-9-1-2-10(14-13-9)15-3-7-5-16(11(17)18)6-8(7)4-15/h1-2,7-8H,3-6H2,(H,17,18). The van der Waals surface area contributed by atoms with Gasteiger partial charge in [-0.25, -0.2) is 4.79 Å². The lowest BCUT2D eigenvalue weighted by Gasteiger charge is -2.20. The van der Waals surface area contributed by atoms with Gasteiger partial charge in [-0.3, -0.25) is 0 Å². The van der Waals surface area contributed by atoms with Crippen LogP contribution < -0.4 is 4.90 Å². The van der Waals surface area contributed by atoms with Crippen molar-refractivity contribution in [2.75, 3.05) is 31.1 Å². The number of hydrogen-bond acceptors (Lipinski definition) is 4. The van der Waals surface area contributed by atoms with E-state index in [2.05, 4.69) is 15.1 Å². The quantitative estimate of drug-likeness (QED) is 0.828. The summed E-state index contributed by atoms with van der Waals surface area (Å²) in [6, 6.07) is 3.58. The van der Waals surface area contributed by atoms with Gasteiger partial charge in [0.25, 0.3) is 0 Å². The molecule has 2 atom stereocenters. The first-order chi connectivity index (χ1) is 8.63. The van der Waals surface area contributed by atoms with E-state index < -0.39 is 6.09 Å². The van der Waals surface area contributed by atoms with Crippen LogP contribution in [0.2, 0.25) is 5.15 Å². The van der Waals surface area contributed by atoms with Gasteiger partial charge in [-0.2, -0.15) is 0 Å². The summed E-state index contributed by atoms with van der Waals surface area (Å²) in [5, 5.41) is 17.2. The van der Waals surface area contributed by atoms with Gasteiger partial charge in [-0.1, -0.05) is 11.6 Å². The third-order valence-electron chi connectivity index (χ3n) is 3.70. The summed E-state index contributed by atoms with van der Waals surface area (Å²) < 4.78 is 0. The second-order valence-corrected chi connectivity index (χ2v) is 5.21. The first-order valence-electron chi connectivity index (χ1n) is 5.85. The highest BCUT2D eigenvalue weighted by Gasteiger charge is 2.42. The van der Waals surface area contributed by atoms with Gasteiger partial charge in [0.2, 0.25) is 0 Å². The van der Waals surface area contributed by atoms with Crippen molar-refractivity contribution < 1.29 is 9.90 Å². The molecule has 2 aliphatic heterocycles. The van der Waals surface area contributed by atoms with Gasteiger partial charge in [0.1, 0.15) is 0 Å². The molecule has 0 aliphatic carbocycles. The second kappa shape index (κ2) is 4.28. The predicted molar refractivity (Wildman–Crippen MR) is 65.8 cm³/mol. The monoisotopic (exact) mass is 268 g/mol. The van der Waals surface area contributed by atoms with Crippen LogP contribution in [0, 0.1) is 11.8 Å². The number of anilines is 1. The highest BCUT2D eigenvalue weighted by atomic mass is 35.5. The third-order valence-corrected chi connectivity index (χ3v) is 3.90. The maximum absolute atomic E-state index is 10.9. The maximum Gasteiger partial charge on any atom is 0.407 e. The van der Waals surface area contributed by atoms with Crippen molar-refractivity contribution in [2.24, 2.45) is 11.8 Å². The van der Waals surface area contributed by atoms with Crippen LogP contribution in [-0.4, -0.2) is 52.5 Å². The van der Waals surface area contributed by atoms with Crippen LogP contribution in [-0.2, 0) is 0 Å². The second-order valence-electron chi connectivity index (χ2n) is 4.83. The minimum Gasteiger partial charge on any atom is -0.465 e. The average Bonchev–Trinajstić information content (AvgIpc) is 2.87. The fraction of sp³-hybridized carbons (Fsp3) is 0.545. The molecule has 3 heterocycles. The Kier molecular flexibility index (Phi) is 2.74. The molecular weight excluding hydrogens is 256 g/mol. The molecular formula is C11H13ClN4O2. The molecule has 2 saturated heterocycles. The highest BCUT2D eigenvalue weighted by Crippen LogP contribution is 2.33. The number of hydrogen-bond donors (Lipinski definition) is 1. The largest absolute Gasteiger partial charge is 0.465 e. The van der Waals surface area contributed by atoms with Crippen LogP contribution in [0.25, 0.3) is 0 Å². The maximum atomic E-state index is 10.9. The van der Waals surface area contributed by atoms with Gasteiger partial charge in [0.15, 0.2) is 11.0 Å². The van der Waals surface area contributed by atoms with Gasteiger partial charge in [0.05, 0.1) is 0 Å². The zero-order chi connectivity index (χ0) is 12.7. The van der Waals surface area contributed by atoms with E-state index in [0.717, 1.165) is 18.9 Å². The lowest BCUT2D eigenvalue weighted by atomic mass is 10.0. The summed E-state index contributed by atoms with van der Waals surface area (Å²) in [7, 11) is 0. The summed E-state index contributed by atoms with van der Waals surface area (Å²) in [5.41, 5.74) is 0. The number of likely N-dealkylation sites (tertiary alicyclic amines) is 1. The molecule has 0 bridgehead atoms. The van der Waals surface area contributed by atoms with E-state index in [1.807, 2.05) is 6.07 Å². The molecule has 1 N–H and O–H groups in total. The molecule has 2 fully saturated rings. The van der Waals surface area contributed by atoms with Crippen LogP contribution >= 0.6 is 11.6 Å². The highest BCUT2D eigenvalue weighted by molar-refractivity contribution is 6.29. The molecule has 1 aromatic rings. The first-order valence-corrected chi connectivity index (χ1v) is 6.23. The summed E-state index contributed by atoms with van der Waals surface area (Å²) >= 11 is 5.70. The van der Waals surface area contributed by atoms with Crippen molar-refractivity contribution in [1.82, 2.24) is 15.1 Å². The molecule has 0 saturated carbocycles. The van der Waals surface area contributed by atoms with Crippen molar-refractivity contribution in [3.8, 4) is 0 Å². The Hall–Kier alpha value is -1.56. The Bertz CT molecular complexity index is 453. The van der Waals surface area contributed by atoms with Gasteiger partial charge in [0, 0.05) is 38.0 Å². The topological polar surface area (TPSA) is 69.6 Å². The predicted octanol–water partition coefficient (Wildman–Crippen LogP) is 1.18. The van der Waals surface area contributed by atoms with Crippen molar-refractivity contribution >= 4 is 23.5 Å². The van der Waals surface area contributed by atoms with E-state index in [1.165, 1.54) is 4.90 Å². The molecule has 0 aromatic carbocycles. The number of carboxylic acid groups (broad SMARTS) is 1. The third kappa shape index (κ3) is 1.96. The summed E-state index contributed by atoms with van der Waals surface area (Å²) in [6.07, 6.45) is -0.817. The molecule has 7 heteroatoms. The summed E-state index contributed by atoms with van der Waals surface area (Å²) in [5.74, 6) is 1.62. The molecule has 2 unspecified atom stereocenters. The van der Waals surface area contributed by atoms with E-state index in [1.54, 1.807) is 6.07 Å². The summed E-state index contributed by atoms with van der Waals surface area (Å²) in [4.78, 5) is 14.5. The van der Waals surface area contributed by atoms with Crippen molar-refractivity contribution in [2.45, 2.75) is 0 Å². The number of nitrogens with zero attached hydrogens (tertiary/aromatic N) is 4. The zero-order valence-electron chi connectivity index (χ0n) is 9.66. The van der Waals surface area contributed by atoms with Crippen molar-refractivity contribution in [1.29, 1.82) is 0 Å². The zero-order valence-corrected chi connectivity index (χ0v) is 10.4. The van der Waals surface area contributed by atoms with Crippen LogP contribution in [0.4, 0.5) is 10.6 Å². The Morgan fingerprint density at radius 2 is 1.89 bits per heavy atom. The minimum atomic E-state index is -0.817. The Morgan fingerprint density at radius 1 is 1.22 bits per heavy atom. The normalized spacial score (nSPS) is 26.5. The number of carbonyl (C=O) groups is 1. The number of fused-ring (bicyclic) bond motifs is 1. The van der Waals surface area contributed by atoms with Crippen LogP contribution in [0.15, 0.2) is 12.1 Å². The smallest absolute Gasteiger partial charge is 0.407 e. The van der Waals surface area contributed by atoms with Crippen molar-refractivity contribution in [3.63, 3.8) is 0 Å². The minimum absolute atomic E-state index is 0.384. The SMILES string of the molecule is O=C(O)N1CC2CN(c3ccc(Cl)nn3)CC2C1.